The van der Waals surface area contributed by atoms with Crippen LogP contribution in [-0.2, 0) is 29.4 Å². The maximum absolute atomic E-state index is 13.0. The van der Waals surface area contributed by atoms with Gasteiger partial charge in [0, 0.05) is 38.2 Å². The van der Waals surface area contributed by atoms with Crippen LogP contribution in [0.5, 0.6) is 0 Å². The first-order valence-electron chi connectivity index (χ1n) is 11.0. The molecule has 0 amide bonds. The number of benzene rings is 1. The highest BCUT2D eigenvalue weighted by Gasteiger charge is 2.24. The van der Waals surface area contributed by atoms with Crippen LogP contribution in [0, 0.1) is 0 Å². The summed E-state index contributed by atoms with van der Waals surface area (Å²) in [6, 6.07) is 5.38. The van der Waals surface area contributed by atoms with E-state index < -0.39 is 10.0 Å². The number of hydrogen-bond acceptors (Lipinski definition) is 6. The van der Waals surface area contributed by atoms with Crippen molar-refractivity contribution in [3.05, 3.63) is 35.2 Å². The Morgan fingerprint density at radius 2 is 1.73 bits per heavy atom. The van der Waals surface area contributed by atoms with Crippen molar-refractivity contribution in [1.82, 2.24) is 9.46 Å². The van der Waals surface area contributed by atoms with E-state index >= 15 is 0 Å². The molecule has 7 nitrogen and oxygen atoms in total. The van der Waals surface area contributed by atoms with Crippen molar-refractivity contribution in [2.45, 2.75) is 64.8 Å². The lowest BCUT2D eigenvalue weighted by atomic mass is 9.96. The molecule has 8 heteroatoms. The first kappa shape index (κ1) is 22.6. The van der Waals surface area contributed by atoms with Crippen LogP contribution in [0.4, 0.5) is 11.4 Å². The van der Waals surface area contributed by atoms with Crippen LogP contribution in [0.1, 0.15) is 57.6 Å². The Bertz CT molecular complexity index is 947. The van der Waals surface area contributed by atoms with Crippen molar-refractivity contribution in [3.63, 3.8) is 0 Å². The molecular weight excluding hydrogens is 400 g/mol. The summed E-state index contributed by atoms with van der Waals surface area (Å²) < 4.78 is 33.1. The minimum absolute atomic E-state index is 0.312. The maximum Gasteiger partial charge on any atom is 0.243 e. The second kappa shape index (κ2) is 9.83. The number of sulfonamides is 1. The van der Waals surface area contributed by atoms with Crippen molar-refractivity contribution >= 4 is 21.4 Å². The van der Waals surface area contributed by atoms with Gasteiger partial charge in [-0.2, -0.15) is 4.31 Å². The van der Waals surface area contributed by atoms with Crippen LogP contribution < -0.4 is 10.2 Å². The summed E-state index contributed by atoms with van der Waals surface area (Å²) in [6.45, 7) is 11.0. The molecule has 3 rings (SSSR count). The predicted octanol–water partition coefficient (Wildman–Crippen LogP) is 4.04. The predicted molar refractivity (Wildman–Crippen MR) is 121 cm³/mol. The van der Waals surface area contributed by atoms with Gasteiger partial charge >= 0.3 is 0 Å². The van der Waals surface area contributed by atoms with E-state index in [1.807, 2.05) is 19.9 Å². The van der Waals surface area contributed by atoms with Gasteiger partial charge in [-0.15, -0.1) is 0 Å². The number of hydrogen-bond donors (Lipinski definition) is 1. The minimum Gasteiger partial charge on any atom is -0.378 e. The van der Waals surface area contributed by atoms with Gasteiger partial charge in [-0.05, 0) is 51.3 Å². The minimum atomic E-state index is -3.53. The molecule has 1 aromatic heterocycles. The molecule has 30 heavy (non-hydrogen) atoms. The van der Waals surface area contributed by atoms with Crippen molar-refractivity contribution in [2.75, 3.05) is 36.4 Å². The molecule has 0 unspecified atom stereocenters. The number of aromatic nitrogens is 1. The fourth-order valence-corrected chi connectivity index (χ4v) is 5.62. The standard InChI is InChI=1S/C22H34N4O3S/c1-5-25(6-2)21-14-13-17(30(27,28)26(7-3)8-4)15-19(21)23-16-20-18-11-9-10-12-22(18)29-24-20/h13-15,23H,5-12,16H2,1-4H3. The van der Waals surface area contributed by atoms with Crippen LogP contribution in [0.2, 0.25) is 0 Å². The molecule has 1 heterocycles. The molecule has 0 atom stereocenters. The highest BCUT2D eigenvalue weighted by Crippen LogP contribution is 2.31. The molecule has 0 aliphatic heterocycles. The third-order valence-electron chi connectivity index (χ3n) is 5.89. The van der Waals surface area contributed by atoms with E-state index in [9.17, 15) is 8.42 Å². The fraction of sp³-hybridized carbons (Fsp3) is 0.591. The van der Waals surface area contributed by atoms with E-state index in [-0.39, 0.29) is 0 Å². The molecule has 2 aromatic rings. The Labute approximate surface area is 180 Å². The van der Waals surface area contributed by atoms with Gasteiger partial charge in [0.15, 0.2) is 0 Å². The normalized spacial score (nSPS) is 14.0. The Balaban J connectivity index is 1.94. The van der Waals surface area contributed by atoms with Crippen molar-refractivity contribution in [1.29, 1.82) is 0 Å². The number of nitrogens with one attached hydrogen (secondary N) is 1. The van der Waals surface area contributed by atoms with E-state index in [2.05, 4.69) is 29.2 Å². The van der Waals surface area contributed by atoms with Crippen molar-refractivity contribution in [3.8, 4) is 0 Å². The zero-order valence-electron chi connectivity index (χ0n) is 18.6. The lowest BCUT2D eigenvalue weighted by molar-refractivity contribution is 0.368. The Morgan fingerprint density at radius 1 is 1.03 bits per heavy atom. The number of anilines is 2. The highest BCUT2D eigenvalue weighted by molar-refractivity contribution is 7.89. The van der Waals surface area contributed by atoms with Gasteiger partial charge in [0.05, 0.1) is 22.8 Å². The van der Waals surface area contributed by atoms with Gasteiger partial charge in [-0.1, -0.05) is 19.0 Å². The summed E-state index contributed by atoms with van der Waals surface area (Å²) in [6.07, 6.45) is 4.25. The van der Waals surface area contributed by atoms with Crippen LogP contribution in [0.15, 0.2) is 27.6 Å². The van der Waals surface area contributed by atoms with Crippen molar-refractivity contribution in [2.24, 2.45) is 0 Å². The molecule has 0 spiro atoms. The molecule has 1 aliphatic carbocycles. The molecule has 1 aromatic carbocycles. The average Bonchev–Trinajstić information content (AvgIpc) is 3.17. The van der Waals surface area contributed by atoms with Gasteiger partial charge in [0.2, 0.25) is 10.0 Å². The third kappa shape index (κ3) is 4.49. The quantitative estimate of drug-likeness (QED) is 0.608. The summed E-state index contributed by atoms with van der Waals surface area (Å²) in [5, 5.41) is 7.73. The summed E-state index contributed by atoms with van der Waals surface area (Å²) in [7, 11) is -3.53. The van der Waals surface area contributed by atoms with Gasteiger partial charge in [0.1, 0.15) is 11.5 Å². The second-order valence-corrected chi connectivity index (χ2v) is 9.47. The van der Waals surface area contributed by atoms with E-state index in [0.717, 1.165) is 61.6 Å². The zero-order valence-corrected chi connectivity index (χ0v) is 19.4. The fourth-order valence-electron chi connectivity index (χ4n) is 4.14. The third-order valence-corrected chi connectivity index (χ3v) is 7.94. The number of aryl methyl sites for hydroxylation is 1. The topological polar surface area (TPSA) is 78.7 Å². The molecule has 166 valence electrons. The van der Waals surface area contributed by atoms with Crippen LogP contribution >= 0.6 is 0 Å². The lowest BCUT2D eigenvalue weighted by Crippen LogP contribution is -2.31. The summed E-state index contributed by atoms with van der Waals surface area (Å²) in [5.41, 5.74) is 3.94. The van der Waals surface area contributed by atoms with Crippen LogP contribution in [-0.4, -0.2) is 44.1 Å². The maximum atomic E-state index is 13.0. The molecule has 1 aliphatic rings. The smallest absolute Gasteiger partial charge is 0.243 e. The second-order valence-electron chi connectivity index (χ2n) is 7.53. The van der Waals surface area contributed by atoms with Gasteiger partial charge in [-0.3, -0.25) is 0 Å². The molecule has 0 saturated carbocycles. The molecule has 0 radical (unpaired) electrons. The largest absolute Gasteiger partial charge is 0.378 e. The van der Waals surface area contributed by atoms with Gasteiger partial charge in [-0.25, -0.2) is 8.42 Å². The Hall–Kier alpha value is -2.06. The monoisotopic (exact) mass is 434 g/mol. The summed E-state index contributed by atoms with van der Waals surface area (Å²) in [4.78, 5) is 2.53. The Morgan fingerprint density at radius 3 is 2.40 bits per heavy atom. The summed E-state index contributed by atoms with van der Waals surface area (Å²) >= 11 is 0. The van der Waals surface area contributed by atoms with Crippen LogP contribution in [0.25, 0.3) is 0 Å². The first-order valence-corrected chi connectivity index (χ1v) is 12.5. The van der Waals surface area contributed by atoms with E-state index in [0.29, 0.717) is 24.5 Å². The number of fused-ring (bicyclic) bond motifs is 1. The lowest BCUT2D eigenvalue weighted by Gasteiger charge is -2.26. The molecule has 1 N–H and O–H groups in total. The molecule has 0 fully saturated rings. The van der Waals surface area contributed by atoms with Crippen LogP contribution in [0.3, 0.4) is 0 Å². The van der Waals surface area contributed by atoms with E-state index in [1.165, 1.54) is 9.87 Å². The van der Waals surface area contributed by atoms with Gasteiger partial charge in [0.25, 0.3) is 0 Å². The molecular formula is C22H34N4O3S. The number of nitrogens with zero attached hydrogens (tertiary/aromatic N) is 3. The average molecular weight is 435 g/mol. The van der Waals surface area contributed by atoms with Gasteiger partial charge < -0.3 is 14.7 Å². The highest BCUT2D eigenvalue weighted by atomic mass is 32.2. The van der Waals surface area contributed by atoms with E-state index in [1.54, 1.807) is 12.1 Å². The first-order chi connectivity index (χ1) is 14.5. The summed E-state index contributed by atoms with van der Waals surface area (Å²) in [5.74, 6) is 1.000. The zero-order chi connectivity index (χ0) is 21.7. The SMILES string of the molecule is CCN(CC)c1ccc(S(=O)(=O)N(CC)CC)cc1NCc1noc2c1CCCC2. The van der Waals surface area contributed by atoms with E-state index in [4.69, 9.17) is 4.52 Å². The van der Waals surface area contributed by atoms with Crippen molar-refractivity contribution < 1.29 is 12.9 Å². The molecule has 0 saturated heterocycles. The molecule has 0 bridgehead atoms. The number of rotatable bonds is 10. The Kier molecular flexibility index (Phi) is 7.41.